The van der Waals surface area contributed by atoms with E-state index in [9.17, 15) is 0 Å². The molecule has 0 atom stereocenters. The summed E-state index contributed by atoms with van der Waals surface area (Å²) in [5, 5.41) is 0. The van der Waals surface area contributed by atoms with Gasteiger partial charge in [0.25, 0.3) is 0 Å². The second kappa shape index (κ2) is 9.82. The van der Waals surface area contributed by atoms with Gasteiger partial charge in [-0.05, 0) is 34.4 Å². The SMILES string of the molecule is N.Nc1ccc(-c2ccccc2)cc1.c1ccc(-c2ccccc2)cc1. The summed E-state index contributed by atoms with van der Waals surface area (Å²) in [6, 6.07) is 38.9. The molecule has 4 rings (SSSR count). The van der Waals surface area contributed by atoms with Crippen molar-refractivity contribution in [2.75, 3.05) is 5.73 Å². The van der Waals surface area contributed by atoms with Crippen LogP contribution in [0.15, 0.2) is 115 Å². The number of rotatable bonds is 2. The first kappa shape index (κ1) is 19.0. The summed E-state index contributed by atoms with van der Waals surface area (Å²) < 4.78 is 0. The molecular weight excluding hydrogens is 316 g/mol. The molecule has 0 aliphatic carbocycles. The second-order valence-electron chi connectivity index (χ2n) is 5.72. The average molecular weight is 340 g/mol. The van der Waals surface area contributed by atoms with Gasteiger partial charge in [0.05, 0.1) is 0 Å². The van der Waals surface area contributed by atoms with Gasteiger partial charge in [0.15, 0.2) is 0 Å². The van der Waals surface area contributed by atoms with Crippen LogP contribution in [0.4, 0.5) is 5.69 Å². The first-order chi connectivity index (χ1) is 12.3. The van der Waals surface area contributed by atoms with Gasteiger partial charge in [0, 0.05) is 5.69 Å². The summed E-state index contributed by atoms with van der Waals surface area (Å²) >= 11 is 0. The van der Waals surface area contributed by atoms with Crippen LogP contribution in [0.2, 0.25) is 0 Å². The Labute approximate surface area is 155 Å². The Morgan fingerprint density at radius 1 is 0.346 bits per heavy atom. The fourth-order valence-corrected chi connectivity index (χ4v) is 2.57. The smallest absolute Gasteiger partial charge is 0.0314 e. The zero-order chi connectivity index (χ0) is 17.3. The van der Waals surface area contributed by atoms with Gasteiger partial charge >= 0.3 is 0 Å². The number of hydrogen-bond donors (Lipinski definition) is 2. The summed E-state index contributed by atoms with van der Waals surface area (Å²) in [7, 11) is 0. The van der Waals surface area contributed by atoms with Crippen molar-refractivity contribution in [3.05, 3.63) is 115 Å². The van der Waals surface area contributed by atoms with Crippen LogP contribution in [0, 0.1) is 0 Å². The van der Waals surface area contributed by atoms with E-state index in [-0.39, 0.29) is 6.15 Å². The molecule has 26 heavy (non-hydrogen) atoms. The number of nitrogens with two attached hydrogens (primary N) is 1. The molecule has 5 N–H and O–H groups in total. The van der Waals surface area contributed by atoms with E-state index in [0.717, 1.165) is 5.69 Å². The monoisotopic (exact) mass is 340 g/mol. The van der Waals surface area contributed by atoms with Gasteiger partial charge in [-0.15, -0.1) is 0 Å². The van der Waals surface area contributed by atoms with Gasteiger partial charge in [-0.25, -0.2) is 0 Å². The molecule has 4 aromatic carbocycles. The van der Waals surface area contributed by atoms with Gasteiger partial charge in [-0.2, -0.15) is 0 Å². The number of hydrogen-bond acceptors (Lipinski definition) is 2. The molecule has 0 radical (unpaired) electrons. The molecule has 0 aliphatic rings. The maximum absolute atomic E-state index is 5.60. The third kappa shape index (κ3) is 5.33. The molecule has 2 nitrogen and oxygen atoms in total. The lowest BCUT2D eigenvalue weighted by Crippen LogP contribution is -1.83. The minimum absolute atomic E-state index is 0. The van der Waals surface area contributed by atoms with Gasteiger partial charge < -0.3 is 11.9 Å². The summed E-state index contributed by atoms with van der Waals surface area (Å²) in [6.07, 6.45) is 0. The fourth-order valence-electron chi connectivity index (χ4n) is 2.57. The molecule has 0 saturated carbocycles. The zero-order valence-corrected chi connectivity index (χ0v) is 14.8. The van der Waals surface area contributed by atoms with Gasteiger partial charge in [-0.3, -0.25) is 0 Å². The van der Waals surface area contributed by atoms with Crippen LogP contribution in [-0.4, -0.2) is 0 Å². The Balaban J connectivity index is 0.000000180. The van der Waals surface area contributed by atoms with E-state index in [2.05, 4.69) is 60.7 Å². The highest BCUT2D eigenvalue weighted by atomic mass is 14.5. The van der Waals surface area contributed by atoms with Crippen LogP contribution >= 0.6 is 0 Å². The van der Waals surface area contributed by atoms with E-state index >= 15 is 0 Å². The van der Waals surface area contributed by atoms with Crippen LogP contribution in [0.5, 0.6) is 0 Å². The van der Waals surface area contributed by atoms with E-state index in [1.807, 2.05) is 54.6 Å². The Morgan fingerprint density at radius 3 is 0.923 bits per heavy atom. The molecule has 0 heterocycles. The third-order valence-corrected chi connectivity index (χ3v) is 3.90. The van der Waals surface area contributed by atoms with Crippen molar-refractivity contribution in [3.63, 3.8) is 0 Å². The van der Waals surface area contributed by atoms with Crippen LogP contribution in [0.25, 0.3) is 22.3 Å². The highest BCUT2D eigenvalue weighted by Crippen LogP contribution is 2.19. The maximum atomic E-state index is 5.60. The molecule has 0 aliphatic heterocycles. The minimum Gasteiger partial charge on any atom is -0.399 e. The maximum Gasteiger partial charge on any atom is 0.0314 e. The predicted molar refractivity (Wildman–Crippen MR) is 113 cm³/mol. The first-order valence-electron chi connectivity index (χ1n) is 8.34. The molecule has 0 saturated heterocycles. The van der Waals surface area contributed by atoms with Gasteiger partial charge in [-0.1, -0.05) is 103 Å². The average Bonchev–Trinajstić information content (AvgIpc) is 2.71. The topological polar surface area (TPSA) is 61.0 Å². The molecule has 0 fully saturated rings. The van der Waals surface area contributed by atoms with E-state index in [1.54, 1.807) is 0 Å². The van der Waals surface area contributed by atoms with Crippen molar-refractivity contribution in [1.29, 1.82) is 0 Å². The van der Waals surface area contributed by atoms with Crippen LogP contribution in [-0.2, 0) is 0 Å². The summed E-state index contributed by atoms with van der Waals surface area (Å²) in [5.41, 5.74) is 11.4. The normalized spacial score (nSPS) is 9.38. The first-order valence-corrected chi connectivity index (χ1v) is 8.34. The van der Waals surface area contributed by atoms with E-state index in [1.165, 1.54) is 22.3 Å². The van der Waals surface area contributed by atoms with Crippen molar-refractivity contribution in [2.45, 2.75) is 0 Å². The predicted octanol–water partition coefficient (Wildman–Crippen LogP) is 6.45. The molecule has 2 heteroatoms. The summed E-state index contributed by atoms with van der Waals surface area (Å²) in [6.45, 7) is 0. The molecule has 4 aromatic rings. The fraction of sp³-hybridized carbons (Fsp3) is 0. The van der Waals surface area contributed by atoms with Crippen LogP contribution in [0.1, 0.15) is 0 Å². The Morgan fingerprint density at radius 2 is 0.615 bits per heavy atom. The lowest BCUT2D eigenvalue weighted by Gasteiger charge is -2.00. The number of benzene rings is 4. The molecule has 0 amide bonds. The molecule has 0 aromatic heterocycles. The highest BCUT2D eigenvalue weighted by molar-refractivity contribution is 5.65. The summed E-state index contributed by atoms with van der Waals surface area (Å²) in [5.74, 6) is 0. The van der Waals surface area contributed by atoms with Crippen molar-refractivity contribution < 1.29 is 0 Å². The summed E-state index contributed by atoms with van der Waals surface area (Å²) in [4.78, 5) is 0. The molecule has 0 unspecified atom stereocenters. The van der Waals surface area contributed by atoms with E-state index in [4.69, 9.17) is 5.73 Å². The number of nitrogen functional groups attached to an aromatic ring is 1. The zero-order valence-electron chi connectivity index (χ0n) is 14.8. The van der Waals surface area contributed by atoms with Crippen molar-refractivity contribution in [2.24, 2.45) is 0 Å². The highest BCUT2D eigenvalue weighted by Gasteiger charge is 1.94. The van der Waals surface area contributed by atoms with Crippen LogP contribution in [0.3, 0.4) is 0 Å². The Bertz CT molecular complexity index is 834. The van der Waals surface area contributed by atoms with Gasteiger partial charge in [0.2, 0.25) is 0 Å². The van der Waals surface area contributed by atoms with Crippen molar-refractivity contribution in [3.8, 4) is 22.3 Å². The lowest BCUT2D eigenvalue weighted by atomic mass is 10.1. The van der Waals surface area contributed by atoms with Gasteiger partial charge in [0.1, 0.15) is 0 Å². The molecule has 0 bridgehead atoms. The Kier molecular flexibility index (Phi) is 7.17. The largest absolute Gasteiger partial charge is 0.399 e. The van der Waals surface area contributed by atoms with E-state index < -0.39 is 0 Å². The lowest BCUT2D eigenvalue weighted by molar-refractivity contribution is 1.61. The van der Waals surface area contributed by atoms with Crippen molar-refractivity contribution >= 4 is 5.69 Å². The molecular formula is C24H24N2. The number of anilines is 1. The standard InChI is InChI=1S/C12H11N.C12H10.H3N/c13-12-8-6-11(7-9-12)10-4-2-1-3-5-10;1-3-7-11(8-4-1)12-9-5-2-6-10-12;/h1-9H,13H2;1-10H;1H3. The third-order valence-electron chi connectivity index (χ3n) is 3.90. The Hall–Kier alpha value is -3.36. The second-order valence-corrected chi connectivity index (χ2v) is 5.72. The van der Waals surface area contributed by atoms with E-state index in [0.29, 0.717) is 0 Å². The van der Waals surface area contributed by atoms with Crippen LogP contribution < -0.4 is 11.9 Å². The molecule has 130 valence electrons. The quantitative estimate of drug-likeness (QED) is 0.412. The molecule has 0 spiro atoms. The minimum atomic E-state index is 0. The van der Waals surface area contributed by atoms with Crippen molar-refractivity contribution in [1.82, 2.24) is 6.15 Å².